The van der Waals surface area contributed by atoms with E-state index in [9.17, 15) is 9.59 Å². The van der Waals surface area contributed by atoms with Crippen molar-refractivity contribution in [2.24, 2.45) is 0 Å². The Kier molecular flexibility index (Phi) is 8.82. The van der Waals surface area contributed by atoms with Gasteiger partial charge in [0, 0.05) is 11.9 Å². The minimum Gasteiger partial charge on any atom is -0.463 e. The average molecular weight is 462 g/mol. The second-order valence-electron chi connectivity index (χ2n) is 7.18. The molecule has 0 spiro atoms. The van der Waals surface area contributed by atoms with Crippen LogP contribution in [0.3, 0.4) is 0 Å². The van der Waals surface area contributed by atoms with E-state index in [0.29, 0.717) is 12.2 Å². The van der Waals surface area contributed by atoms with Gasteiger partial charge in [0.15, 0.2) is 0 Å². The molecule has 0 bridgehead atoms. The second-order valence-corrected chi connectivity index (χ2v) is 10.4. The number of aliphatic hydroxyl groups is 1. The van der Waals surface area contributed by atoms with Crippen LogP contribution in [0.5, 0.6) is 0 Å². The van der Waals surface area contributed by atoms with E-state index < -0.39 is 6.89 Å². The molecule has 3 aromatic rings. The highest BCUT2D eigenvalue weighted by molar-refractivity contribution is 7.95. The van der Waals surface area contributed by atoms with E-state index in [1.807, 2.05) is 61.5 Å². The van der Waals surface area contributed by atoms with Gasteiger partial charge in [0.25, 0.3) is 0 Å². The first-order chi connectivity index (χ1) is 16.1. The molecule has 6 heteroatoms. The maximum Gasteiger partial charge on any atom is 0.331 e. The highest BCUT2D eigenvalue weighted by Crippen LogP contribution is 2.43. The molecular weight excluding hydrogens is 435 g/mol. The van der Waals surface area contributed by atoms with Crippen molar-refractivity contribution in [2.75, 3.05) is 19.8 Å². The van der Waals surface area contributed by atoms with Crippen LogP contribution in [0.2, 0.25) is 0 Å². The Morgan fingerprint density at radius 3 is 1.67 bits per heavy atom. The minimum atomic E-state index is -2.24. The van der Waals surface area contributed by atoms with Gasteiger partial charge >= 0.3 is 11.9 Å². The molecule has 1 aliphatic heterocycles. The summed E-state index contributed by atoms with van der Waals surface area (Å²) in [5.41, 5.74) is 0.648. The van der Waals surface area contributed by atoms with Crippen molar-refractivity contribution in [1.82, 2.24) is 0 Å². The first-order valence-electron chi connectivity index (χ1n) is 10.7. The van der Waals surface area contributed by atoms with Gasteiger partial charge in [-0.25, -0.2) is 9.59 Å². The number of aliphatic hydroxyl groups excluding tert-OH is 1. The van der Waals surface area contributed by atoms with Crippen molar-refractivity contribution in [2.45, 2.75) is 6.92 Å². The number of carbonyl (C=O) groups excluding carboxylic acids is 2. The summed E-state index contributed by atoms with van der Waals surface area (Å²) in [5, 5.41) is 11.8. The molecule has 0 unspecified atom stereocenters. The number of esters is 2. The Morgan fingerprint density at radius 2 is 1.36 bits per heavy atom. The van der Waals surface area contributed by atoms with Crippen LogP contribution in [0.25, 0.3) is 0 Å². The Bertz CT molecular complexity index is 1040. The third-order valence-electron chi connectivity index (χ3n) is 5.00. The largest absolute Gasteiger partial charge is 0.463 e. The average Bonchev–Trinajstić information content (AvgIpc) is 3.30. The van der Waals surface area contributed by atoms with Crippen molar-refractivity contribution in [3.05, 3.63) is 103 Å². The van der Waals surface area contributed by atoms with Gasteiger partial charge in [-0.3, -0.25) is 0 Å². The predicted octanol–water partition coefficient (Wildman–Crippen LogP) is 2.81. The number of hydrogen-bond donors (Lipinski definition) is 1. The molecule has 5 nitrogen and oxygen atoms in total. The number of ether oxygens (including phenoxy) is 2. The summed E-state index contributed by atoms with van der Waals surface area (Å²) >= 11 is 0. The maximum absolute atomic E-state index is 12.5. The fourth-order valence-electron chi connectivity index (χ4n) is 3.50. The van der Waals surface area contributed by atoms with Crippen LogP contribution in [0.1, 0.15) is 6.92 Å². The third kappa shape index (κ3) is 6.10. The molecule has 4 rings (SSSR count). The molecule has 0 amide bonds. The maximum atomic E-state index is 12.5. The summed E-state index contributed by atoms with van der Waals surface area (Å²) in [7, 11) is 0. The van der Waals surface area contributed by atoms with E-state index in [4.69, 9.17) is 9.84 Å². The summed E-state index contributed by atoms with van der Waals surface area (Å²) in [5.74, 6) is 1.18. The third-order valence-corrected chi connectivity index (χ3v) is 8.94. The summed E-state index contributed by atoms with van der Waals surface area (Å²) in [6, 6.07) is 30.7. The molecule has 33 heavy (non-hydrogen) atoms. The van der Waals surface area contributed by atoms with Gasteiger partial charge in [-0.15, -0.1) is 0 Å². The lowest BCUT2D eigenvalue weighted by molar-refractivity contribution is -0.135. The van der Waals surface area contributed by atoms with Gasteiger partial charge in [-0.05, 0) is 35.3 Å². The topological polar surface area (TPSA) is 72.8 Å². The van der Waals surface area contributed by atoms with Gasteiger partial charge in [-0.1, -0.05) is 91.0 Å². The summed E-state index contributed by atoms with van der Waals surface area (Å²) < 4.78 is 9.76. The van der Waals surface area contributed by atoms with Crippen molar-refractivity contribution in [3.63, 3.8) is 0 Å². The molecule has 170 valence electrons. The first kappa shape index (κ1) is 24.2. The molecule has 1 aliphatic rings. The highest BCUT2D eigenvalue weighted by Gasteiger charge is 2.26. The number of carbonyl (C=O) groups is 2. The van der Waals surface area contributed by atoms with Crippen molar-refractivity contribution < 1.29 is 24.2 Å². The van der Waals surface area contributed by atoms with Crippen molar-refractivity contribution in [1.29, 1.82) is 0 Å². The van der Waals surface area contributed by atoms with Crippen LogP contribution in [0.15, 0.2) is 103 Å². The number of rotatable bonds is 6. The molecule has 1 heterocycles. The molecule has 0 aromatic heterocycles. The highest BCUT2D eigenvalue weighted by atomic mass is 31.2. The van der Waals surface area contributed by atoms with Crippen molar-refractivity contribution in [3.8, 4) is 0 Å². The lowest BCUT2D eigenvalue weighted by Gasteiger charge is -2.28. The van der Waals surface area contributed by atoms with Crippen LogP contribution in [-0.2, 0) is 19.1 Å². The smallest absolute Gasteiger partial charge is 0.331 e. The minimum absolute atomic E-state index is 0.0776. The van der Waals surface area contributed by atoms with Gasteiger partial charge in [0.2, 0.25) is 0 Å². The molecular formula is C27H27O5P. The van der Waals surface area contributed by atoms with Gasteiger partial charge < -0.3 is 14.6 Å². The van der Waals surface area contributed by atoms with E-state index >= 15 is 0 Å². The number of hydrogen-bond acceptors (Lipinski definition) is 5. The van der Waals surface area contributed by atoms with Crippen LogP contribution in [0.4, 0.5) is 0 Å². The van der Waals surface area contributed by atoms with Gasteiger partial charge in [0.1, 0.15) is 6.61 Å². The Labute approximate surface area is 194 Å². The summed E-state index contributed by atoms with van der Waals surface area (Å²) in [6.07, 6.45) is 1.31. The lowest BCUT2D eigenvalue weighted by atomic mass is 10.3. The van der Waals surface area contributed by atoms with Crippen LogP contribution in [0, 0.1) is 0 Å². The second kappa shape index (κ2) is 12.0. The molecule has 1 N–H and O–H groups in total. The Hall–Kier alpha value is -3.40. The molecule has 0 radical (unpaired) electrons. The van der Waals surface area contributed by atoms with Crippen molar-refractivity contribution >= 4 is 40.5 Å². The molecule has 0 aliphatic carbocycles. The van der Waals surface area contributed by atoms with Crippen LogP contribution < -0.4 is 15.9 Å². The zero-order valence-electron chi connectivity index (χ0n) is 18.5. The normalized spacial score (nSPS) is 12.7. The molecule has 0 saturated heterocycles. The number of benzene rings is 3. The predicted molar refractivity (Wildman–Crippen MR) is 134 cm³/mol. The molecule has 3 aromatic carbocycles. The monoisotopic (exact) mass is 462 g/mol. The Balaban J connectivity index is 0.000000323. The summed E-state index contributed by atoms with van der Waals surface area (Å²) in [4.78, 5) is 22.7. The van der Waals surface area contributed by atoms with Gasteiger partial charge in [-0.2, -0.15) is 0 Å². The Morgan fingerprint density at radius 1 is 0.909 bits per heavy atom. The fourth-order valence-corrected chi connectivity index (χ4v) is 7.16. The van der Waals surface area contributed by atoms with E-state index in [1.165, 1.54) is 6.08 Å². The zero-order chi connectivity index (χ0) is 23.5. The van der Waals surface area contributed by atoms with Crippen LogP contribution >= 0.6 is 6.89 Å². The molecule has 0 atom stereocenters. The molecule has 0 saturated carbocycles. The van der Waals surface area contributed by atoms with Crippen LogP contribution in [-0.4, -0.2) is 42.7 Å². The van der Waals surface area contributed by atoms with E-state index in [-0.39, 0.29) is 25.2 Å². The number of cyclic esters (lactones) is 1. The lowest BCUT2D eigenvalue weighted by Crippen LogP contribution is -2.29. The summed E-state index contributed by atoms with van der Waals surface area (Å²) in [6.45, 7) is 0.145. The van der Waals surface area contributed by atoms with E-state index in [1.54, 1.807) is 5.80 Å². The fraction of sp³-hybridized carbons (Fsp3) is 0.148. The first-order valence-corrected chi connectivity index (χ1v) is 12.5. The van der Waals surface area contributed by atoms with E-state index in [0.717, 1.165) is 15.9 Å². The standard InChI is InChI=1S/C22H21O2P.C5H6O3/c1-2-24-22(23)18-25(19-12-6-3-7-13-19,20-14-8-4-9-15-20)21-16-10-5-11-17-21;6-2-4-1-5(7)8-3-4/h3-18H,2H2,1H3;1,6H,2-3H2. The zero-order valence-corrected chi connectivity index (χ0v) is 19.4. The quantitative estimate of drug-likeness (QED) is 0.451. The van der Waals surface area contributed by atoms with E-state index in [2.05, 4.69) is 41.1 Å². The van der Waals surface area contributed by atoms with Gasteiger partial charge in [0.05, 0.1) is 13.2 Å². The SMILES string of the molecule is CCOC(=O)C=P(c1ccccc1)(c1ccccc1)c1ccccc1.O=C1C=C(CO)CO1. The molecule has 0 fully saturated rings.